The maximum absolute atomic E-state index is 11.9. The monoisotopic (exact) mass is 335 g/mol. The Bertz CT molecular complexity index is 527. The van der Waals surface area contributed by atoms with Crippen LogP contribution in [0.15, 0.2) is 12.4 Å². The zero-order valence-electron chi connectivity index (χ0n) is 14.5. The van der Waals surface area contributed by atoms with Crippen LogP contribution in [0.4, 0.5) is 4.79 Å². The van der Waals surface area contributed by atoms with Crippen LogP contribution in [0.3, 0.4) is 0 Å². The van der Waals surface area contributed by atoms with E-state index in [-0.39, 0.29) is 12.1 Å². The van der Waals surface area contributed by atoms with Gasteiger partial charge in [0.15, 0.2) is 0 Å². The molecule has 1 aromatic rings. The summed E-state index contributed by atoms with van der Waals surface area (Å²) in [4.78, 5) is 18.6. The van der Waals surface area contributed by atoms with E-state index in [1.165, 1.54) is 12.8 Å². The molecule has 0 aromatic carbocycles. The Balaban J connectivity index is 1.34. The minimum absolute atomic E-state index is 0.0393. The first-order valence-electron chi connectivity index (χ1n) is 9.05. The molecular formula is C17H29N5O2. The maximum Gasteiger partial charge on any atom is 0.315 e. The van der Waals surface area contributed by atoms with Crippen LogP contribution in [0.25, 0.3) is 0 Å². The summed E-state index contributed by atoms with van der Waals surface area (Å²) >= 11 is 0. The van der Waals surface area contributed by atoms with Crippen LogP contribution in [0, 0.1) is 0 Å². The van der Waals surface area contributed by atoms with Crippen molar-refractivity contribution in [1.29, 1.82) is 0 Å². The van der Waals surface area contributed by atoms with Crippen molar-refractivity contribution in [3.05, 3.63) is 18.2 Å². The van der Waals surface area contributed by atoms with Crippen LogP contribution in [0.1, 0.15) is 37.9 Å². The fourth-order valence-corrected chi connectivity index (χ4v) is 3.50. The number of rotatable bonds is 6. The van der Waals surface area contributed by atoms with Crippen molar-refractivity contribution >= 4 is 6.03 Å². The van der Waals surface area contributed by atoms with Gasteiger partial charge in [-0.3, -0.25) is 4.90 Å². The van der Waals surface area contributed by atoms with Gasteiger partial charge in [0.2, 0.25) is 0 Å². The molecule has 2 heterocycles. The molecule has 0 radical (unpaired) electrons. The number of ether oxygens (including phenoxy) is 1. The van der Waals surface area contributed by atoms with Gasteiger partial charge in [-0.25, -0.2) is 9.78 Å². The molecule has 0 unspecified atom stereocenters. The van der Waals surface area contributed by atoms with Gasteiger partial charge in [0.25, 0.3) is 0 Å². The van der Waals surface area contributed by atoms with Crippen LogP contribution in [-0.4, -0.2) is 58.9 Å². The minimum Gasteiger partial charge on any atom is -0.375 e. The van der Waals surface area contributed by atoms with E-state index in [0.717, 1.165) is 51.3 Å². The molecule has 134 valence electrons. The Morgan fingerprint density at radius 2 is 2.25 bits per heavy atom. The Morgan fingerprint density at radius 3 is 3.00 bits per heavy atom. The number of morpholine rings is 1. The molecule has 1 aliphatic heterocycles. The largest absolute Gasteiger partial charge is 0.375 e. The van der Waals surface area contributed by atoms with Crippen LogP contribution in [0.2, 0.25) is 0 Å². The molecule has 2 amide bonds. The highest BCUT2D eigenvalue weighted by atomic mass is 16.5. The molecule has 1 aliphatic carbocycles. The van der Waals surface area contributed by atoms with E-state index in [1.807, 2.05) is 19.4 Å². The van der Waals surface area contributed by atoms with E-state index < -0.39 is 0 Å². The normalized spacial score (nSPS) is 22.6. The molecule has 1 saturated heterocycles. The summed E-state index contributed by atoms with van der Waals surface area (Å²) in [5, 5.41) is 6.01. The number of carbonyl (C=O) groups is 1. The Kier molecular flexibility index (Phi) is 6.09. The van der Waals surface area contributed by atoms with Crippen molar-refractivity contribution in [1.82, 2.24) is 25.1 Å². The zero-order valence-corrected chi connectivity index (χ0v) is 14.5. The Hall–Kier alpha value is -1.60. The lowest BCUT2D eigenvalue weighted by atomic mass is 10.2. The molecule has 7 nitrogen and oxygen atoms in total. The highest BCUT2D eigenvalue weighted by Crippen LogP contribution is 2.17. The zero-order chi connectivity index (χ0) is 16.8. The van der Waals surface area contributed by atoms with Crippen molar-refractivity contribution in [2.24, 2.45) is 7.05 Å². The summed E-state index contributed by atoms with van der Waals surface area (Å²) in [6, 6.07) is 0.326. The number of amides is 2. The van der Waals surface area contributed by atoms with E-state index in [0.29, 0.717) is 12.6 Å². The van der Waals surface area contributed by atoms with Crippen molar-refractivity contribution < 1.29 is 9.53 Å². The van der Waals surface area contributed by atoms with Crippen molar-refractivity contribution in [3.8, 4) is 0 Å². The third-order valence-electron chi connectivity index (χ3n) is 4.95. The predicted octanol–water partition coefficient (Wildman–Crippen LogP) is 1.25. The maximum atomic E-state index is 11.9. The van der Waals surface area contributed by atoms with E-state index in [2.05, 4.69) is 25.1 Å². The molecule has 1 aromatic heterocycles. The van der Waals surface area contributed by atoms with Gasteiger partial charge in [0, 0.05) is 45.1 Å². The number of aromatic nitrogens is 2. The molecule has 1 atom stereocenters. The van der Waals surface area contributed by atoms with Crippen molar-refractivity contribution in [2.75, 3.05) is 26.2 Å². The predicted molar refractivity (Wildman–Crippen MR) is 91.6 cm³/mol. The van der Waals surface area contributed by atoms with Gasteiger partial charge in [0.05, 0.1) is 19.3 Å². The first-order chi connectivity index (χ1) is 11.7. The summed E-state index contributed by atoms with van der Waals surface area (Å²) in [5.74, 6) is 1.07. The number of hydrogen-bond donors (Lipinski definition) is 2. The van der Waals surface area contributed by atoms with E-state index in [1.54, 1.807) is 0 Å². The van der Waals surface area contributed by atoms with E-state index >= 15 is 0 Å². The van der Waals surface area contributed by atoms with Gasteiger partial charge in [-0.05, 0) is 19.3 Å². The van der Waals surface area contributed by atoms with Gasteiger partial charge in [-0.2, -0.15) is 0 Å². The van der Waals surface area contributed by atoms with Gasteiger partial charge in [0.1, 0.15) is 5.82 Å². The average molecular weight is 335 g/mol. The summed E-state index contributed by atoms with van der Waals surface area (Å²) in [5.41, 5.74) is 0. The van der Waals surface area contributed by atoms with Crippen LogP contribution < -0.4 is 10.6 Å². The standard InChI is InChI=1S/C17H29N5O2/c1-21-9-8-18-16(21)13-22-10-11-24-15(12-22)6-7-19-17(23)20-14-4-2-3-5-14/h8-9,14-15H,2-7,10-13H2,1H3,(H2,19,20,23)/t15-/m0/s1. The highest BCUT2D eigenvalue weighted by Gasteiger charge is 2.22. The number of imidazole rings is 1. The third-order valence-corrected chi connectivity index (χ3v) is 4.95. The fourth-order valence-electron chi connectivity index (χ4n) is 3.50. The van der Waals surface area contributed by atoms with Crippen molar-refractivity contribution in [2.45, 2.75) is 50.8 Å². The smallest absolute Gasteiger partial charge is 0.315 e. The lowest BCUT2D eigenvalue weighted by Gasteiger charge is -2.32. The molecule has 2 N–H and O–H groups in total. The second-order valence-corrected chi connectivity index (χ2v) is 6.85. The number of aryl methyl sites for hydroxylation is 1. The minimum atomic E-state index is -0.0393. The third kappa shape index (κ3) is 4.95. The molecule has 7 heteroatoms. The molecule has 24 heavy (non-hydrogen) atoms. The fraction of sp³-hybridized carbons (Fsp3) is 0.765. The number of urea groups is 1. The second kappa shape index (κ2) is 8.48. The Labute approximate surface area is 143 Å². The summed E-state index contributed by atoms with van der Waals surface area (Å²) in [6.45, 7) is 4.06. The lowest BCUT2D eigenvalue weighted by molar-refractivity contribution is -0.0350. The summed E-state index contributed by atoms with van der Waals surface area (Å²) in [7, 11) is 2.02. The number of hydrogen-bond acceptors (Lipinski definition) is 4. The molecule has 2 fully saturated rings. The van der Waals surface area contributed by atoms with Gasteiger partial charge in [-0.15, -0.1) is 0 Å². The second-order valence-electron chi connectivity index (χ2n) is 6.85. The molecule has 0 spiro atoms. The van der Waals surface area contributed by atoms with Crippen molar-refractivity contribution in [3.63, 3.8) is 0 Å². The number of nitrogens with zero attached hydrogens (tertiary/aromatic N) is 3. The van der Waals surface area contributed by atoms with Crippen LogP contribution in [0.5, 0.6) is 0 Å². The highest BCUT2D eigenvalue weighted by molar-refractivity contribution is 5.74. The number of nitrogens with one attached hydrogen (secondary N) is 2. The van der Waals surface area contributed by atoms with Crippen LogP contribution in [-0.2, 0) is 18.3 Å². The topological polar surface area (TPSA) is 71.4 Å². The van der Waals surface area contributed by atoms with Gasteiger partial charge < -0.3 is 19.9 Å². The quantitative estimate of drug-likeness (QED) is 0.821. The van der Waals surface area contributed by atoms with Gasteiger partial charge >= 0.3 is 6.03 Å². The first-order valence-corrected chi connectivity index (χ1v) is 9.05. The van der Waals surface area contributed by atoms with E-state index in [4.69, 9.17) is 4.74 Å². The summed E-state index contributed by atoms with van der Waals surface area (Å²) < 4.78 is 7.89. The average Bonchev–Trinajstić information content (AvgIpc) is 3.20. The molecule has 1 saturated carbocycles. The molecule has 3 rings (SSSR count). The molecule has 0 bridgehead atoms. The summed E-state index contributed by atoms with van der Waals surface area (Å²) in [6.07, 6.45) is 9.50. The molecular weight excluding hydrogens is 306 g/mol. The molecule has 2 aliphatic rings. The van der Waals surface area contributed by atoms with E-state index in [9.17, 15) is 4.79 Å². The van der Waals surface area contributed by atoms with Crippen LogP contribution >= 0.6 is 0 Å². The Morgan fingerprint density at radius 1 is 1.42 bits per heavy atom. The first kappa shape index (κ1) is 17.2. The lowest BCUT2D eigenvalue weighted by Crippen LogP contribution is -2.45. The van der Waals surface area contributed by atoms with Gasteiger partial charge in [-0.1, -0.05) is 12.8 Å². The number of carbonyl (C=O) groups excluding carboxylic acids is 1. The SMILES string of the molecule is Cn1ccnc1CN1CCO[C@@H](CCNC(=O)NC2CCCC2)C1.